The average Bonchev–Trinajstić information content (AvgIpc) is 3.18. The molecular formula is C20H21N3O4. The van der Waals surface area contributed by atoms with Crippen LogP contribution in [-0.2, 0) is 22.6 Å². The van der Waals surface area contributed by atoms with E-state index in [0.717, 1.165) is 16.9 Å². The Morgan fingerprint density at radius 2 is 2.00 bits per heavy atom. The van der Waals surface area contributed by atoms with Crippen molar-refractivity contribution in [2.24, 2.45) is 0 Å². The Bertz CT molecular complexity index is 864. The third-order valence-corrected chi connectivity index (χ3v) is 3.80. The van der Waals surface area contributed by atoms with E-state index in [1.807, 2.05) is 54.6 Å². The Balaban J connectivity index is 1.40. The SMILES string of the molecule is COc1cccc(-c2noc(CCNC(=O)COCc3ccccc3)n2)c1. The fourth-order valence-electron chi connectivity index (χ4n) is 2.43. The summed E-state index contributed by atoms with van der Waals surface area (Å²) >= 11 is 0. The van der Waals surface area contributed by atoms with Gasteiger partial charge in [0.15, 0.2) is 0 Å². The number of rotatable bonds is 9. The molecule has 0 saturated heterocycles. The lowest BCUT2D eigenvalue weighted by atomic mass is 10.2. The summed E-state index contributed by atoms with van der Waals surface area (Å²) in [7, 11) is 1.60. The highest BCUT2D eigenvalue weighted by Gasteiger charge is 2.10. The second-order valence-electron chi connectivity index (χ2n) is 5.82. The number of benzene rings is 2. The topological polar surface area (TPSA) is 86.5 Å². The first-order valence-electron chi connectivity index (χ1n) is 8.60. The summed E-state index contributed by atoms with van der Waals surface area (Å²) in [5.74, 6) is 1.49. The van der Waals surface area contributed by atoms with Gasteiger partial charge in [0.1, 0.15) is 12.4 Å². The van der Waals surface area contributed by atoms with Crippen molar-refractivity contribution in [3.63, 3.8) is 0 Å². The number of carbonyl (C=O) groups is 1. The van der Waals surface area contributed by atoms with Gasteiger partial charge in [0.2, 0.25) is 17.6 Å². The lowest BCUT2D eigenvalue weighted by molar-refractivity contribution is -0.126. The van der Waals surface area contributed by atoms with Crippen molar-refractivity contribution in [2.75, 3.05) is 20.3 Å². The molecule has 0 aliphatic carbocycles. The highest BCUT2D eigenvalue weighted by molar-refractivity contribution is 5.77. The number of nitrogens with zero attached hydrogens (tertiary/aromatic N) is 2. The number of ether oxygens (including phenoxy) is 2. The molecule has 140 valence electrons. The highest BCUT2D eigenvalue weighted by Crippen LogP contribution is 2.21. The van der Waals surface area contributed by atoms with Crippen molar-refractivity contribution in [3.8, 4) is 17.1 Å². The van der Waals surface area contributed by atoms with Crippen LogP contribution in [0.4, 0.5) is 0 Å². The largest absolute Gasteiger partial charge is 0.497 e. The lowest BCUT2D eigenvalue weighted by Crippen LogP contribution is -2.29. The van der Waals surface area contributed by atoms with Gasteiger partial charge in [-0.25, -0.2) is 0 Å². The van der Waals surface area contributed by atoms with E-state index in [1.54, 1.807) is 7.11 Å². The lowest BCUT2D eigenvalue weighted by Gasteiger charge is -2.05. The number of hydrogen-bond donors (Lipinski definition) is 1. The number of methoxy groups -OCH3 is 1. The maximum absolute atomic E-state index is 11.8. The Morgan fingerprint density at radius 1 is 1.15 bits per heavy atom. The molecule has 0 aliphatic heterocycles. The molecule has 0 aliphatic rings. The molecule has 0 spiro atoms. The van der Waals surface area contributed by atoms with Gasteiger partial charge in [-0.3, -0.25) is 4.79 Å². The van der Waals surface area contributed by atoms with E-state index >= 15 is 0 Å². The quantitative estimate of drug-likeness (QED) is 0.626. The van der Waals surface area contributed by atoms with Crippen molar-refractivity contribution in [1.82, 2.24) is 15.5 Å². The Labute approximate surface area is 157 Å². The highest BCUT2D eigenvalue weighted by atomic mass is 16.5. The summed E-state index contributed by atoms with van der Waals surface area (Å²) in [6, 6.07) is 17.1. The molecule has 0 radical (unpaired) electrons. The smallest absolute Gasteiger partial charge is 0.246 e. The fraction of sp³-hybridized carbons (Fsp3) is 0.250. The van der Waals surface area contributed by atoms with Crippen LogP contribution in [0, 0.1) is 0 Å². The van der Waals surface area contributed by atoms with Gasteiger partial charge in [0, 0.05) is 18.5 Å². The molecular weight excluding hydrogens is 346 g/mol. The van der Waals surface area contributed by atoms with Gasteiger partial charge in [-0.2, -0.15) is 4.98 Å². The number of aromatic nitrogens is 2. The van der Waals surface area contributed by atoms with Crippen LogP contribution in [0.25, 0.3) is 11.4 Å². The van der Waals surface area contributed by atoms with E-state index in [0.29, 0.717) is 31.3 Å². The third-order valence-electron chi connectivity index (χ3n) is 3.80. The molecule has 1 aromatic heterocycles. The van der Waals surface area contributed by atoms with E-state index in [-0.39, 0.29) is 12.5 Å². The summed E-state index contributed by atoms with van der Waals surface area (Å²) in [6.07, 6.45) is 0.446. The normalized spacial score (nSPS) is 10.6. The van der Waals surface area contributed by atoms with Crippen molar-refractivity contribution in [3.05, 3.63) is 66.1 Å². The number of nitrogens with one attached hydrogen (secondary N) is 1. The molecule has 3 aromatic rings. The molecule has 2 aromatic carbocycles. The van der Waals surface area contributed by atoms with E-state index < -0.39 is 0 Å². The molecule has 0 atom stereocenters. The van der Waals surface area contributed by atoms with Crippen LogP contribution in [0.3, 0.4) is 0 Å². The van der Waals surface area contributed by atoms with Gasteiger partial charge >= 0.3 is 0 Å². The van der Waals surface area contributed by atoms with E-state index in [9.17, 15) is 4.79 Å². The zero-order chi connectivity index (χ0) is 18.9. The van der Waals surface area contributed by atoms with Crippen molar-refractivity contribution in [1.29, 1.82) is 0 Å². The second kappa shape index (κ2) is 9.49. The first kappa shape index (κ1) is 18.6. The van der Waals surface area contributed by atoms with Crippen LogP contribution < -0.4 is 10.1 Å². The molecule has 0 fully saturated rings. The molecule has 0 unspecified atom stereocenters. The zero-order valence-electron chi connectivity index (χ0n) is 15.1. The van der Waals surface area contributed by atoms with Crippen molar-refractivity contribution < 1.29 is 18.8 Å². The molecule has 27 heavy (non-hydrogen) atoms. The van der Waals surface area contributed by atoms with E-state index in [4.69, 9.17) is 14.0 Å². The average molecular weight is 367 g/mol. The van der Waals surface area contributed by atoms with Crippen LogP contribution in [0.2, 0.25) is 0 Å². The number of hydrogen-bond acceptors (Lipinski definition) is 6. The first-order valence-corrected chi connectivity index (χ1v) is 8.60. The first-order chi connectivity index (χ1) is 13.2. The van der Waals surface area contributed by atoms with Gasteiger partial charge < -0.3 is 19.3 Å². The maximum Gasteiger partial charge on any atom is 0.246 e. The summed E-state index contributed by atoms with van der Waals surface area (Å²) in [6.45, 7) is 0.808. The maximum atomic E-state index is 11.8. The van der Waals surface area contributed by atoms with Crippen LogP contribution in [0.1, 0.15) is 11.5 Å². The predicted molar refractivity (Wildman–Crippen MR) is 99.1 cm³/mol. The Morgan fingerprint density at radius 3 is 2.81 bits per heavy atom. The minimum absolute atomic E-state index is 0.00773. The van der Waals surface area contributed by atoms with E-state index in [2.05, 4.69) is 15.5 Å². The molecule has 7 heteroatoms. The van der Waals surface area contributed by atoms with Crippen LogP contribution in [0.15, 0.2) is 59.1 Å². The Kier molecular flexibility index (Phi) is 6.54. The van der Waals surface area contributed by atoms with Gasteiger partial charge in [0.25, 0.3) is 0 Å². The van der Waals surface area contributed by atoms with Crippen molar-refractivity contribution >= 4 is 5.91 Å². The molecule has 3 rings (SSSR count). The van der Waals surface area contributed by atoms with Gasteiger partial charge in [-0.1, -0.05) is 47.6 Å². The second-order valence-corrected chi connectivity index (χ2v) is 5.82. The number of amides is 1. The Hall–Kier alpha value is -3.19. The molecule has 0 saturated carbocycles. The molecule has 7 nitrogen and oxygen atoms in total. The molecule has 1 N–H and O–H groups in total. The zero-order valence-corrected chi connectivity index (χ0v) is 15.1. The third kappa shape index (κ3) is 5.65. The monoisotopic (exact) mass is 367 g/mol. The van der Waals surface area contributed by atoms with E-state index in [1.165, 1.54) is 0 Å². The van der Waals surface area contributed by atoms with Gasteiger partial charge in [-0.05, 0) is 17.7 Å². The molecule has 0 bridgehead atoms. The summed E-state index contributed by atoms with van der Waals surface area (Å²) < 4.78 is 15.8. The van der Waals surface area contributed by atoms with Crippen molar-refractivity contribution in [2.45, 2.75) is 13.0 Å². The van der Waals surface area contributed by atoms with Crippen LogP contribution in [0.5, 0.6) is 5.75 Å². The summed E-state index contributed by atoms with van der Waals surface area (Å²) in [5, 5.41) is 6.74. The summed E-state index contributed by atoms with van der Waals surface area (Å²) in [4.78, 5) is 16.1. The minimum atomic E-state index is -0.182. The summed E-state index contributed by atoms with van der Waals surface area (Å²) in [5.41, 5.74) is 1.84. The minimum Gasteiger partial charge on any atom is -0.497 e. The van der Waals surface area contributed by atoms with Gasteiger partial charge in [0.05, 0.1) is 13.7 Å². The predicted octanol–water partition coefficient (Wildman–Crippen LogP) is 2.62. The fourth-order valence-corrected chi connectivity index (χ4v) is 2.43. The molecule has 1 heterocycles. The van der Waals surface area contributed by atoms with Crippen LogP contribution >= 0.6 is 0 Å². The number of carbonyl (C=O) groups excluding carboxylic acids is 1. The van der Waals surface area contributed by atoms with Gasteiger partial charge in [-0.15, -0.1) is 0 Å². The standard InChI is InChI=1S/C20H21N3O4/c1-25-17-9-5-8-16(12-17)20-22-19(27-23-20)10-11-21-18(24)14-26-13-15-6-3-2-4-7-15/h2-9,12H,10-11,13-14H2,1H3,(H,21,24). The molecule has 1 amide bonds. The van der Waals surface area contributed by atoms with Crippen LogP contribution in [-0.4, -0.2) is 36.3 Å².